The summed E-state index contributed by atoms with van der Waals surface area (Å²) in [7, 11) is 3.71. The van der Waals surface area contributed by atoms with E-state index in [9.17, 15) is 9.59 Å². The molecule has 2 aromatic heterocycles. The van der Waals surface area contributed by atoms with Crippen LogP contribution in [0.25, 0.3) is 11.4 Å². The van der Waals surface area contributed by atoms with Crippen LogP contribution in [0, 0.1) is 11.8 Å². The van der Waals surface area contributed by atoms with Crippen molar-refractivity contribution in [1.29, 1.82) is 0 Å². The Kier molecular flexibility index (Phi) is 4.22. The minimum absolute atomic E-state index is 0.0667. The number of carbonyl (C=O) groups excluding carboxylic acids is 2. The monoisotopic (exact) mass is 353 g/mol. The zero-order chi connectivity index (χ0) is 18.3. The van der Waals surface area contributed by atoms with E-state index in [4.69, 9.17) is 0 Å². The molecule has 1 aliphatic heterocycles. The van der Waals surface area contributed by atoms with Gasteiger partial charge in [-0.3, -0.25) is 19.7 Å². The number of aromatic nitrogens is 3. The van der Waals surface area contributed by atoms with Crippen molar-refractivity contribution in [3.63, 3.8) is 0 Å². The van der Waals surface area contributed by atoms with Crippen LogP contribution in [-0.4, -0.2) is 63.5 Å². The smallest absolute Gasteiger partial charge is 0.271 e. The third kappa shape index (κ3) is 2.98. The lowest BCUT2D eigenvalue weighted by Gasteiger charge is -2.31. The van der Waals surface area contributed by atoms with E-state index < -0.39 is 0 Å². The predicted octanol–water partition coefficient (Wildman–Crippen LogP) is 1.80. The third-order valence-corrected chi connectivity index (χ3v) is 5.79. The van der Waals surface area contributed by atoms with Crippen molar-refractivity contribution in [2.75, 3.05) is 20.6 Å². The van der Waals surface area contributed by atoms with Gasteiger partial charge in [-0.1, -0.05) is 6.07 Å². The number of hydrogen-bond acceptors (Lipinski definition) is 4. The number of piperidine rings is 1. The fraction of sp³-hybridized carbons (Fsp3) is 0.474. The predicted molar refractivity (Wildman–Crippen MR) is 96.2 cm³/mol. The summed E-state index contributed by atoms with van der Waals surface area (Å²) in [6.07, 6.45) is 4.16. The SMILES string of the molecule is CN1C[C@H]2C[C@@H](N(C)C(=O)c3cc(-c4ccccn4)n[nH]3)C[C@H]2CC1=O. The Labute approximate surface area is 152 Å². The zero-order valence-corrected chi connectivity index (χ0v) is 15.1. The molecule has 0 aromatic carbocycles. The van der Waals surface area contributed by atoms with Crippen molar-refractivity contribution < 1.29 is 9.59 Å². The van der Waals surface area contributed by atoms with Crippen LogP contribution in [0.2, 0.25) is 0 Å². The van der Waals surface area contributed by atoms with E-state index in [1.165, 1.54) is 0 Å². The van der Waals surface area contributed by atoms with Gasteiger partial charge in [-0.05, 0) is 42.9 Å². The van der Waals surface area contributed by atoms with Gasteiger partial charge in [0.15, 0.2) is 0 Å². The average Bonchev–Trinajstić information content (AvgIpc) is 3.29. The second-order valence-corrected chi connectivity index (χ2v) is 7.42. The summed E-state index contributed by atoms with van der Waals surface area (Å²) in [4.78, 5) is 32.7. The van der Waals surface area contributed by atoms with Gasteiger partial charge < -0.3 is 9.80 Å². The molecule has 0 spiro atoms. The van der Waals surface area contributed by atoms with E-state index in [0.29, 0.717) is 29.6 Å². The van der Waals surface area contributed by atoms with Gasteiger partial charge in [0, 0.05) is 39.3 Å². The number of carbonyl (C=O) groups is 2. The molecule has 2 aliphatic rings. The maximum Gasteiger partial charge on any atom is 0.271 e. The molecule has 7 heteroatoms. The van der Waals surface area contributed by atoms with E-state index in [1.807, 2.05) is 37.2 Å². The van der Waals surface area contributed by atoms with Crippen LogP contribution in [-0.2, 0) is 4.79 Å². The summed E-state index contributed by atoms with van der Waals surface area (Å²) in [6, 6.07) is 7.52. The minimum Gasteiger partial charge on any atom is -0.345 e. The molecule has 1 saturated carbocycles. The Balaban J connectivity index is 1.46. The largest absolute Gasteiger partial charge is 0.345 e. The summed E-state index contributed by atoms with van der Waals surface area (Å²) >= 11 is 0. The molecule has 2 amide bonds. The van der Waals surface area contributed by atoms with Gasteiger partial charge in [0.05, 0.1) is 5.69 Å². The van der Waals surface area contributed by atoms with Gasteiger partial charge in [0.25, 0.3) is 5.91 Å². The number of likely N-dealkylation sites (tertiary alicyclic amines) is 1. The molecule has 136 valence electrons. The Hall–Kier alpha value is -2.70. The zero-order valence-electron chi connectivity index (χ0n) is 15.1. The van der Waals surface area contributed by atoms with Crippen LogP contribution < -0.4 is 0 Å². The third-order valence-electron chi connectivity index (χ3n) is 5.79. The molecule has 0 unspecified atom stereocenters. The Bertz CT molecular complexity index is 818. The van der Waals surface area contributed by atoms with E-state index in [1.54, 1.807) is 17.2 Å². The molecular formula is C19H23N5O2. The number of rotatable bonds is 3. The highest BCUT2D eigenvalue weighted by Crippen LogP contribution is 2.40. The summed E-state index contributed by atoms with van der Waals surface area (Å²) in [6.45, 7) is 0.802. The maximum atomic E-state index is 12.9. The quantitative estimate of drug-likeness (QED) is 0.912. The van der Waals surface area contributed by atoms with Gasteiger partial charge in [-0.25, -0.2) is 0 Å². The fourth-order valence-corrected chi connectivity index (χ4v) is 4.24. The molecule has 0 bridgehead atoms. The molecule has 4 rings (SSSR count). The molecule has 2 fully saturated rings. The van der Waals surface area contributed by atoms with E-state index in [0.717, 1.165) is 25.1 Å². The van der Waals surface area contributed by atoms with Gasteiger partial charge in [0.1, 0.15) is 11.4 Å². The lowest BCUT2D eigenvalue weighted by molar-refractivity contribution is -0.134. The summed E-state index contributed by atoms with van der Waals surface area (Å²) in [5.74, 6) is 1.03. The normalized spacial score (nSPS) is 25.2. The first-order chi connectivity index (χ1) is 12.5. The van der Waals surface area contributed by atoms with Gasteiger partial charge in [-0.2, -0.15) is 5.10 Å². The van der Waals surface area contributed by atoms with E-state index in [-0.39, 0.29) is 17.9 Å². The topological polar surface area (TPSA) is 82.2 Å². The summed E-state index contributed by atoms with van der Waals surface area (Å²) in [5, 5.41) is 7.06. The Morgan fingerprint density at radius 2 is 2.08 bits per heavy atom. The van der Waals surface area contributed by atoms with Crippen LogP contribution in [0.1, 0.15) is 29.8 Å². The number of hydrogen-bond donors (Lipinski definition) is 1. The van der Waals surface area contributed by atoms with Crippen LogP contribution >= 0.6 is 0 Å². The second kappa shape index (κ2) is 6.55. The molecule has 1 N–H and O–H groups in total. The summed E-state index contributed by atoms with van der Waals surface area (Å²) in [5.41, 5.74) is 1.87. The first-order valence-corrected chi connectivity index (χ1v) is 9.01. The highest BCUT2D eigenvalue weighted by atomic mass is 16.2. The number of aromatic amines is 1. The lowest BCUT2D eigenvalue weighted by atomic mass is 9.88. The Morgan fingerprint density at radius 3 is 2.85 bits per heavy atom. The van der Waals surface area contributed by atoms with Crippen molar-refractivity contribution in [3.8, 4) is 11.4 Å². The van der Waals surface area contributed by atoms with Crippen molar-refractivity contribution >= 4 is 11.8 Å². The van der Waals surface area contributed by atoms with Crippen molar-refractivity contribution in [2.45, 2.75) is 25.3 Å². The highest BCUT2D eigenvalue weighted by molar-refractivity contribution is 5.93. The molecule has 1 saturated heterocycles. The molecule has 3 heterocycles. The van der Waals surface area contributed by atoms with Gasteiger partial charge in [-0.15, -0.1) is 0 Å². The Morgan fingerprint density at radius 1 is 1.27 bits per heavy atom. The molecular weight excluding hydrogens is 330 g/mol. The van der Waals surface area contributed by atoms with Crippen molar-refractivity contribution in [1.82, 2.24) is 25.0 Å². The number of nitrogens with zero attached hydrogens (tertiary/aromatic N) is 4. The van der Waals surface area contributed by atoms with E-state index >= 15 is 0 Å². The maximum absolute atomic E-state index is 12.9. The second-order valence-electron chi connectivity index (χ2n) is 7.42. The first kappa shape index (κ1) is 16.8. The van der Waals surface area contributed by atoms with Crippen LogP contribution in [0.15, 0.2) is 30.5 Å². The van der Waals surface area contributed by atoms with Crippen LogP contribution in [0.5, 0.6) is 0 Å². The first-order valence-electron chi connectivity index (χ1n) is 9.01. The van der Waals surface area contributed by atoms with Gasteiger partial charge in [0.2, 0.25) is 5.91 Å². The molecule has 0 radical (unpaired) electrons. The highest BCUT2D eigenvalue weighted by Gasteiger charge is 2.42. The van der Waals surface area contributed by atoms with Gasteiger partial charge >= 0.3 is 0 Å². The van der Waals surface area contributed by atoms with Crippen molar-refractivity contribution in [2.24, 2.45) is 11.8 Å². The minimum atomic E-state index is -0.0667. The molecule has 1 aliphatic carbocycles. The van der Waals surface area contributed by atoms with Crippen LogP contribution in [0.4, 0.5) is 0 Å². The number of fused-ring (bicyclic) bond motifs is 1. The molecule has 26 heavy (non-hydrogen) atoms. The standard InChI is InChI=1S/C19H23N5O2/c1-23-11-13-8-14(7-12(13)9-18(23)25)24(2)19(26)17-10-16(21-22-17)15-5-3-4-6-20-15/h3-6,10,12-14H,7-9,11H2,1-2H3,(H,21,22)/t12-,13+,14-/m0/s1. The number of amides is 2. The number of pyridine rings is 1. The lowest BCUT2D eigenvalue weighted by Crippen LogP contribution is -2.40. The van der Waals surface area contributed by atoms with Crippen LogP contribution in [0.3, 0.4) is 0 Å². The van der Waals surface area contributed by atoms with Crippen molar-refractivity contribution in [3.05, 3.63) is 36.2 Å². The molecule has 7 nitrogen and oxygen atoms in total. The average molecular weight is 353 g/mol. The fourth-order valence-electron chi connectivity index (χ4n) is 4.24. The van der Waals surface area contributed by atoms with E-state index in [2.05, 4.69) is 15.2 Å². The summed E-state index contributed by atoms with van der Waals surface area (Å²) < 4.78 is 0. The molecule has 2 aromatic rings. The number of nitrogens with one attached hydrogen (secondary N) is 1. The number of H-pyrrole nitrogens is 1. The molecule has 3 atom stereocenters.